The fraction of sp³-hybridized carbons (Fsp3) is 0.250. The van der Waals surface area contributed by atoms with Crippen LogP contribution >= 0.6 is 0 Å². The van der Waals surface area contributed by atoms with Crippen LogP contribution in [0.1, 0.15) is 25.2 Å². The highest BCUT2D eigenvalue weighted by molar-refractivity contribution is 5.86. The van der Waals surface area contributed by atoms with E-state index < -0.39 is 23.1 Å². The molecule has 1 amide bonds. The molecule has 3 aromatic rings. The van der Waals surface area contributed by atoms with Crippen LogP contribution < -0.4 is 11.0 Å². The molecule has 27 heavy (non-hydrogen) atoms. The maximum absolute atomic E-state index is 13.8. The Kier molecular flexibility index (Phi) is 5.30. The molecule has 1 heterocycles. The van der Waals surface area contributed by atoms with Crippen molar-refractivity contribution in [2.45, 2.75) is 26.7 Å². The summed E-state index contributed by atoms with van der Waals surface area (Å²) in [6.07, 6.45) is 0.198. The second kappa shape index (κ2) is 7.65. The molecule has 140 valence electrons. The summed E-state index contributed by atoms with van der Waals surface area (Å²) in [6.45, 7) is 3.90. The first-order chi connectivity index (χ1) is 12.8. The number of halogens is 2. The van der Waals surface area contributed by atoms with Crippen LogP contribution in [0.15, 0.2) is 47.3 Å². The fourth-order valence-electron chi connectivity index (χ4n) is 2.80. The third-order valence-corrected chi connectivity index (χ3v) is 4.04. The Bertz CT molecular complexity index is 1060. The van der Waals surface area contributed by atoms with Crippen molar-refractivity contribution >= 4 is 16.8 Å². The quantitative estimate of drug-likeness (QED) is 0.749. The molecule has 1 N–H and O–H groups in total. The summed E-state index contributed by atoms with van der Waals surface area (Å²) in [6, 6.07) is 9.67. The van der Waals surface area contributed by atoms with Crippen molar-refractivity contribution in [3.8, 4) is 0 Å². The molecule has 2 aromatic carbocycles. The highest BCUT2D eigenvalue weighted by atomic mass is 19.1. The van der Waals surface area contributed by atoms with E-state index in [1.165, 1.54) is 30.3 Å². The number of amides is 1. The number of nitrogens with one attached hydrogen (secondary N) is 1. The second-order valence-corrected chi connectivity index (χ2v) is 6.73. The van der Waals surface area contributed by atoms with Gasteiger partial charge in [0.15, 0.2) is 0 Å². The van der Waals surface area contributed by atoms with Crippen LogP contribution in [0.4, 0.5) is 8.78 Å². The van der Waals surface area contributed by atoms with Gasteiger partial charge in [0.1, 0.15) is 17.5 Å². The molecule has 3 rings (SSSR count). The summed E-state index contributed by atoms with van der Waals surface area (Å²) in [7, 11) is 0. The molecule has 0 spiro atoms. The summed E-state index contributed by atoms with van der Waals surface area (Å²) in [5.74, 6) is -1.10. The van der Waals surface area contributed by atoms with Crippen molar-refractivity contribution < 1.29 is 13.6 Å². The first-order valence-corrected chi connectivity index (χ1v) is 8.59. The van der Waals surface area contributed by atoms with E-state index in [4.69, 9.17) is 0 Å². The molecule has 0 aliphatic heterocycles. The topological polar surface area (TPSA) is 64.0 Å². The van der Waals surface area contributed by atoms with Gasteiger partial charge in [0.25, 0.3) is 5.56 Å². The normalized spacial score (nSPS) is 11.1. The highest BCUT2D eigenvalue weighted by Crippen LogP contribution is 2.13. The van der Waals surface area contributed by atoms with Crippen LogP contribution in [-0.4, -0.2) is 15.6 Å². The minimum Gasteiger partial charge on any atom is -0.273 e. The average molecular weight is 371 g/mol. The molecule has 0 saturated carbocycles. The maximum Gasteiger partial charge on any atom is 0.280 e. The van der Waals surface area contributed by atoms with Crippen LogP contribution in [0.3, 0.4) is 0 Å². The molecular formula is C20H19F2N3O2. The molecule has 0 fully saturated rings. The zero-order chi connectivity index (χ0) is 19.6. The lowest BCUT2D eigenvalue weighted by Gasteiger charge is -2.16. The smallest absolute Gasteiger partial charge is 0.273 e. The van der Waals surface area contributed by atoms with E-state index in [0.717, 1.165) is 10.7 Å². The van der Waals surface area contributed by atoms with Crippen LogP contribution in [0, 0.1) is 17.6 Å². The zero-order valence-corrected chi connectivity index (χ0v) is 15.0. The van der Waals surface area contributed by atoms with Gasteiger partial charge in [0.2, 0.25) is 5.91 Å². The van der Waals surface area contributed by atoms with Gasteiger partial charge < -0.3 is 0 Å². The summed E-state index contributed by atoms with van der Waals surface area (Å²) in [5.41, 5.74) is 2.49. The number of fused-ring (bicyclic) bond motifs is 1. The first-order valence-electron chi connectivity index (χ1n) is 8.59. The summed E-state index contributed by atoms with van der Waals surface area (Å²) in [4.78, 5) is 29.6. The predicted octanol–water partition coefficient (Wildman–Crippen LogP) is 3.19. The van der Waals surface area contributed by atoms with Gasteiger partial charge in [0, 0.05) is 6.42 Å². The van der Waals surface area contributed by atoms with E-state index in [0.29, 0.717) is 17.8 Å². The molecule has 0 unspecified atom stereocenters. The Morgan fingerprint density at radius 1 is 1.19 bits per heavy atom. The van der Waals surface area contributed by atoms with E-state index >= 15 is 0 Å². The van der Waals surface area contributed by atoms with Gasteiger partial charge >= 0.3 is 0 Å². The molecular weight excluding hydrogens is 352 g/mol. The van der Waals surface area contributed by atoms with Crippen LogP contribution in [0.25, 0.3) is 10.9 Å². The standard InChI is InChI=1S/C20H19F2N3O2/c1-12(2)9-18-23-17-8-7-14(21)11-15(17)20(27)25(18)24-19(26)10-13-5-3-4-6-16(13)22/h3-8,11-12H,9-10H2,1-2H3,(H,24,26). The fourth-order valence-corrected chi connectivity index (χ4v) is 2.80. The van der Waals surface area contributed by atoms with E-state index in [1.807, 2.05) is 13.8 Å². The number of aromatic nitrogens is 2. The molecule has 0 bridgehead atoms. The molecule has 0 aliphatic carbocycles. The third-order valence-electron chi connectivity index (χ3n) is 4.04. The zero-order valence-electron chi connectivity index (χ0n) is 15.0. The van der Waals surface area contributed by atoms with Crippen LogP contribution in [-0.2, 0) is 17.6 Å². The Balaban J connectivity index is 2.00. The number of carbonyl (C=O) groups excluding carboxylic acids is 1. The number of benzene rings is 2. The van der Waals surface area contributed by atoms with Gasteiger partial charge in [-0.2, -0.15) is 0 Å². The van der Waals surface area contributed by atoms with E-state index in [9.17, 15) is 18.4 Å². The minimum atomic E-state index is -0.572. The van der Waals surface area contributed by atoms with Crippen molar-refractivity contribution in [2.75, 3.05) is 5.43 Å². The summed E-state index contributed by atoms with van der Waals surface area (Å²) < 4.78 is 28.4. The number of hydrogen-bond acceptors (Lipinski definition) is 3. The summed E-state index contributed by atoms with van der Waals surface area (Å²) in [5, 5.41) is 0.0636. The molecule has 0 radical (unpaired) electrons. The van der Waals surface area contributed by atoms with Gasteiger partial charge in [-0.25, -0.2) is 18.4 Å². The number of rotatable bonds is 5. The van der Waals surface area contributed by atoms with Crippen molar-refractivity contribution in [1.82, 2.24) is 9.66 Å². The van der Waals surface area contributed by atoms with Gasteiger partial charge in [-0.1, -0.05) is 32.0 Å². The average Bonchev–Trinajstić information content (AvgIpc) is 2.60. The Labute approximate surface area is 154 Å². The second-order valence-electron chi connectivity index (χ2n) is 6.73. The Morgan fingerprint density at radius 3 is 2.63 bits per heavy atom. The maximum atomic E-state index is 13.8. The predicted molar refractivity (Wildman–Crippen MR) is 99.0 cm³/mol. The first kappa shape index (κ1) is 18.7. The molecule has 0 aliphatic rings. The van der Waals surface area contributed by atoms with Gasteiger partial charge in [-0.05, 0) is 35.7 Å². The number of carbonyl (C=O) groups is 1. The van der Waals surface area contributed by atoms with E-state index in [-0.39, 0.29) is 23.3 Å². The molecule has 1 aromatic heterocycles. The molecule has 0 saturated heterocycles. The van der Waals surface area contributed by atoms with Gasteiger partial charge in [0.05, 0.1) is 17.3 Å². The van der Waals surface area contributed by atoms with Crippen molar-refractivity contribution in [3.05, 3.63) is 75.8 Å². The number of hydrogen-bond donors (Lipinski definition) is 1. The number of nitrogens with zero attached hydrogens (tertiary/aromatic N) is 2. The Morgan fingerprint density at radius 2 is 1.93 bits per heavy atom. The molecule has 7 heteroatoms. The molecule has 5 nitrogen and oxygen atoms in total. The lowest BCUT2D eigenvalue weighted by Crippen LogP contribution is -2.37. The Hall–Kier alpha value is -3.09. The van der Waals surface area contributed by atoms with Crippen LogP contribution in [0.2, 0.25) is 0 Å². The van der Waals surface area contributed by atoms with Crippen LogP contribution in [0.5, 0.6) is 0 Å². The van der Waals surface area contributed by atoms with Crippen molar-refractivity contribution in [2.24, 2.45) is 5.92 Å². The summed E-state index contributed by atoms with van der Waals surface area (Å²) >= 11 is 0. The van der Waals surface area contributed by atoms with Crippen molar-refractivity contribution in [1.29, 1.82) is 0 Å². The minimum absolute atomic E-state index is 0.0636. The highest BCUT2D eigenvalue weighted by Gasteiger charge is 2.16. The lowest BCUT2D eigenvalue weighted by atomic mass is 10.1. The van der Waals surface area contributed by atoms with Crippen molar-refractivity contribution in [3.63, 3.8) is 0 Å². The lowest BCUT2D eigenvalue weighted by molar-refractivity contribution is -0.116. The van der Waals surface area contributed by atoms with Gasteiger partial charge in [-0.3, -0.25) is 15.0 Å². The van der Waals surface area contributed by atoms with Gasteiger partial charge in [-0.15, -0.1) is 0 Å². The molecule has 0 atom stereocenters. The van der Waals surface area contributed by atoms with E-state index in [1.54, 1.807) is 6.07 Å². The monoisotopic (exact) mass is 371 g/mol. The largest absolute Gasteiger partial charge is 0.280 e. The third kappa shape index (κ3) is 4.19. The SMILES string of the molecule is CC(C)Cc1nc2ccc(F)cc2c(=O)n1NC(=O)Cc1ccccc1F. The van der Waals surface area contributed by atoms with E-state index in [2.05, 4.69) is 10.4 Å².